The third-order valence-electron chi connectivity index (χ3n) is 1.38. The van der Waals surface area contributed by atoms with E-state index in [0.717, 1.165) is 0 Å². The summed E-state index contributed by atoms with van der Waals surface area (Å²) in [6, 6.07) is 0. The molecule has 1 rings (SSSR count). The summed E-state index contributed by atoms with van der Waals surface area (Å²) in [5.41, 5.74) is 0. The molecule has 5 nitrogen and oxygen atoms in total. The number of carbonyl (C=O) groups is 2. The van der Waals surface area contributed by atoms with Crippen molar-refractivity contribution in [2.75, 3.05) is 13.1 Å². The maximum absolute atomic E-state index is 9.39. The van der Waals surface area contributed by atoms with Gasteiger partial charge < -0.3 is 15.5 Å². The Bertz CT molecular complexity index is 146. The molecular weight excluding hydrogens is 194 g/mol. The summed E-state index contributed by atoms with van der Waals surface area (Å²) in [6.45, 7) is 2.50. The van der Waals surface area contributed by atoms with E-state index in [1.54, 1.807) is 0 Å². The van der Waals surface area contributed by atoms with Crippen LogP contribution in [0.15, 0.2) is 0 Å². The molecule has 0 amide bonds. The Morgan fingerprint density at radius 3 is 1.54 bits per heavy atom. The number of hydrogen-bond acceptors (Lipinski definition) is 4. The first-order valence-electron chi connectivity index (χ1n) is 3.97. The maximum Gasteiger partial charge on any atom is 0.376 e. The summed E-state index contributed by atoms with van der Waals surface area (Å²) in [5.74, 6) is 0. The lowest BCUT2D eigenvalue weighted by molar-refractivity contribution is 0.217. The minimum Gasteiger partial charge on any atom is -0.473 e. The van der Waals surface area contributed by atoms with Gasteiger partial charge in [-0.2, -0.15) is 0 Å². The normalized spacial score (nSPS) is 15.4. The fourth-order valence-corrected chi connectivity index (χ4v) is 1.03. The lowest BCUT2D eigenvalue weighted by atomic mass is 10.2. The van der Waals surface area contributed by atoms with Crippen molar-refractivity contribution in [1.82, 2.24) is 5.32 Å². The van der Waals surface area contributed by atoms with Gasteiger partial charge in [0.1, 0.15) is 0 Å². The van der Waals surface area contributed by atoms with E-state index >= 15 is 0 Å². The van der Waals surface area contributed by atoms with Crippen LogP contribution in [-0.4, -0.2) is 33.9 Å². The quantitative estimate of drug-likeness (QED) is 0.561. The molecule has 6 heteroatoms. The van der Waals surface area contributed by atoms with Crippen molar-refractivity contribution in [3.63, 3.8) is 0 Å². The van der Waals surface area contributed by atoms with Gasteiger partial charge in [0.25, 0.3) is 0 Å². The highest BCUT2D eigenvalue weighted by molar-refractivity contribution is 8.25. The van der Waals surface area contributed by atoms with Gasteiger partial charge in [-0.15, -0.1) is 0 Å². The average molecular weight is 207 g/mol. The third kappa shape index (κ3) is 11.2. The first-order chi connectivity index (χ1) is 6.13. The Morgan fingerprint density at radius 2 is 1.46 bits per heavy atom. The highest BCUT2D eigenvalue weighted by Gasteiger charge is 2.03. The van der Waals surface area contributed by atoms with Crippen LogP contribution >= 0.6 is 11.8 Å². The van der Waals surface area contributed by atoms with E-state index < -0.39 is 10.6 Å². The Hall–Kier alpha value is -0.750. The topological polar surface area (TPSA) is 86.6 Å². The lowest BCUT2D eigenvalue weighted by Crippen LogP contribution is -2.21. The van der Waals surface area contributed by atoms with Gasteiger partial charge in [0, 0.05) is 0 Å². The van der Waals surface area contributed by atoms with Gasteiger partial charge in [-0.05, 0) is 25.9 Å². The van der Waals surface area contributed by atoms with E-state index in [1.165, 1.54) is 32.4 Å². The second-order valence-electron chi connectivity index (χ2n) is 2.44. The SMILES string of the molecule is C1CCNCC1.O=C(O)SC(=O)O. The van der Waals surface area contributed by atoms with Crippen molar-refractivity contribution in [3.05, 3.63) is 0 Å². The van der Waals surface area contributed by atoms with Gasteiger partial charge in [-0.1, -0.05) is 6.42 Å². The third-order valence-corrected chi connectivity index (χ3v) is 1.73. The zero-order chi connectivity index (χ0) is 10.1. The Morgan fingerprint density at radius 1 is 1.00 bits per heavy atom. The van der Waals surface area contributed by atoms with Crippen molar-refractivity contribution in [2.24, 2.45) is 0 Å². The Balaban J connectivity index is 0.000000223. The molecule has 1 fully saturated rings. The van der Waals surface area contributed by atoms with E-state index in [9.17, 15) is 9.59 Å². The van der Waals surface area contributed by atoms with E-state index in [2.05, 4.69) is 5.32 Å². The van der Waals surface area contributed by atoms with Gasteiger partial charge >= 0.3 is 10.6 Å². The molecule has 1 saturated heterocycles. The Labute approximate surface area is 80.5 Å². The smallest absolute Gasteiger partial charge is 0.376 e. The molecule has 0 atom stereocenters. The first kappa shape index (κ1) is 12.2. The second kappa shape index (κ2) is 7.88. The van der Waals surface area contributed by atoms with Gasteiger partial charge in [-0.3, -0.25) is 0 Å². The fourth-order valence-electron chi connectivity index (χ4n) is 0.876. The van der Waals surface area contributed by atoms with Gasteiger partial charge in [-0.25, -0.2) is 9.59 Å². The molecule has 0 unspecified atom stereocenters. The van der Waals surface area contributed by atoms with E-state index in [-0.39, 0.29) is 11.8 Å². The molecule has 1 aliphatic rings. The highest BCUT2D eigenvalue weighted by atomic mass is 32.2. The average Bonchev–Trinajstić information content (AvgIpc) is 2.06. The van der Waals surface area contributed by atoms with Gasteiger partial charge in [0.05, 0.1) is 11.8 Å². The summed E-state index contributed by atoms with van der Waals surface area (Å²) in [7, 11) is 0. The summed E-state index contributed by atoms with van der Waals surface area (Å²) >= 11 is -0.157. The highest BCUT2D eigenvalue weighted by Crippen LogP contribution is 1.99. The number of carboxylic acid groups (broad SMARTS) is 2. The standard InChI is InChI=1S/C5H11N.C2H2O4S/c1-2-4-6-5-3-1;3-1(4)7-2(5)6/h6H,1-5H2;(H,3,4)(H,5,6). The number of hydrogen-bond donors (Lipinski definition) is 3. The van der Waals surface area contributed by atoms with Crippen LogP contribution in [0.2, 0.25) is 0 Å². The molecule has 3 N–H and O–H groups in total. The van der Waals surface area contributed by atoms with Crippen molar-refractivity contribution in [3.8, 4) is 0 Å². The van der Waals surface area contributed by atoms with E-state index in [0.29, 0.717) is 0 Å². The molecule has 0 aliphatic carbocycles. The summed E-state index contributed by atoms with van der Waals surface area (Å²) in [4.78, 5) is 18.8. The summed E-state index contributed by atoms with van der Waals surface area (Å²) in [6.07, 6.45) is 4.22. The second-order valence-corrected chi connectivity index (χ2v) is 3.35. The number of nitrogens with one attached hydrogen (secondary N) is 1. The predicted octanol–water partition coefficient (Wildman–Crippen LogP) is 1.84. The Kier molecular flexibility index (Phi) is 7.42. The minimum absolute atomic E-state index is 0.157. The van der Waals surface area contributed by atoms with Crippen LogP contribution in [0.1, 0.15) is 19.3 Å². The fraction of sp³-hybridized carbons (Fsp3) is 0.714. The summed E-state index contributed by atoms with van der Waals surface area (Å²) < 4.78 is 0. The van der Waals surface area contributed by atoms with Gasteiger partial charge in [0.2, 0.25) is 0 Å². The van der Waals surface area contributed by atoms with Gasteiger partial charge in [0.15, 0.2) is 0 Å². The molecule has 0 spiro atoms. The predicted molar refractivity (Wildman–Crippen MR) is 50.4 cm³/mol. The number of thioether (sulfide) groups is 1. The minimum atomic E-state index is -1.40. The lowest BCUT2D eigenvalue weighted by Gasteiger charge is -2.08. The monoisotopic (exact) mass is 207 g/mol. The largest absolute Gasteiger partial charge is 0.473 e. The molecular formula is C7H13NO4S. The van der Waals surface area contributed by atoms with E-state index in [1.807, 2.05) is 0 Å². The van der Waals surface area contributed by atoms with Crippen molar-refractivity contribution in [2.45, 2.75) is 19.3 Å². The zero-order valence-corrected chi connectivity index (χ0v) is 7.97. The van der Waals surface area contributed by atoms with Crippen LogP contribution in [0.5, 0.6) is 0 Å². The van der Waals surface area contributed by atoms with E-state index in [4.69, 9.17) is 10.2 Å². The molecule has 1 aliphatic heterocycles. The summed E-state index contributed by atoms with van der Waals surface area (Å²) in [5, 5.41) is 15.8. The molecule has 0 aromatic carbocycles. The molecule has 0 bridgehead atoms. The van der Waals surface area contributed by atoms with Crippen LogP contribution in [0.25, 0.3) is 0 Å². The molecule has 76 valence electrons. The van der Waals surface area contributed by atoms with Crippen LogP contribution in [-0.2, 0) is 0 Å². The van der Waals surface area contributed by atoms with Crippen LogP contribution in [0.3, 0.4) is 0 Å². The van der Waals surface area contributed by atoms with Crippen LogP contribution < -0.4 is 5.32 Å². The molecule has 1 heterocycles. The van der Waals surface area contributed by atoms with Crippen molar-refractivity contribution in [1.29, 1.82) is 0 Å². The molecule has 0 saturated carbocycles. The van der Waals surface area contributed by atoms with Crippen molar-refractivity contribution < 1.29 is 19.8 Å². The maximum atomic E-state index is 9.39. The number of piperidine rings is 1. The number of rotatable bonds is 0. The molecule has 0 radical (unpaired) electrons. The molecule has 13 heavy (non-hydrogen) atoms. The van der Waals surface area contributed by atoms with Crippen LogP contribution in [0, 0.1) is 0 Å². The van der Waals surface area contributed by atoms with Crippen LogP contribution in [0.4, 0.5) is 9.59 Å². The molecule has 0 aromatic rings. The zero-order valence-electron chi connectivity index (χ0n) is 7.15. The van der Waals surface area contributed by atoms with Crippen molar-refractivity contribution >= 4 is 22.4 Å². The molecule has 0 aromatic heterocycles. The first-order valence-corrected chi connectivity index (χ1v) is 4.79.